The zero-order valence-electron chi connectivity index (χ0n) is 14.0. The van der Waals surface area contributed by atoms with Crippen molar-refractivity contribution in [2.75, 3.05) is 30.3 Å². The van der Waals surface area contributed by atoms with E-state index in [1.54, 1.807) is 6.92 Å². The summed E-state index contributed by atoms with van der Waals surface area (Å²) in [4.78, 5) is 6.19. The molecule has 3 rings (SSSR count). The van der Waals surface area contributed by atoms with Gasteiger partial charge < -0.3 is 10.6 Å². The smallest absolute Gasteiger partial charge is 0.244 e. The molecular weight excluding hydrogens is 336 g/mol. The minimum atomic E-state index is -3.61. The first-order valence-electron chi connectivity index (χ1n) is 7.98. The Hall–Kier alpha value is -2.56. The fourth-order valence-electron chi connectivity index (χ4n) is 2.89. The second-order valence-electron chi connectivity index (χ2n) is 5.72. The molecule has 0 saturated carbocycles. The maximum absolute atomic E-state index is 12.9. The van der Waals surface area contributed by atoms with Gasteiger partial charge in [-0.3, -0.25) is 0 Å². The first-order chi connectivity index (χ1) is 12.0. The lowest BCUT2D eigenvalue weighted by Crippen LogP contribution is -2.54. The van der Waals surface area contributed by atoms with Gasteiger partial charge in [-0.1, -0.05) is 24.1 Å². The molecule has 1 fully saturated rings. The second kappa shape index (κ2) is 7.13. The molecule has 6 nitrogen and oxygen atoms in total. The molecule has 1 aromatic heterocycles. The van der Waals surface area contributed by atoms with Crippen LogP contribution in [0.2, 0.25) is 0 Å². The number of hydrogen-bond acceptors (Lipinski definition) is 5. The van der Waals surface area contributed by atoms with E-state index in [4.69, 9.17) is 5.73 Å². The van der Waals surface area contributed by atoms with Crippen LogP contribution in [0.3, 0.4) is 0 Å². The van der Waals surface area contributed by atoms with E-state index in [1.807, 2.05) is 30.3 Å². The van der Waals surface area contributed by atoms with E-state index >= 15 is 0 Å². The molecule has 0 unspecified atom stereocenters. The van der Waals surface area contributed by atoms with Crippen molar-refractivity contribution in [2.45, 2.75) is 17.9 Å². The lowest BCUT2D eigenvalue weighted by molar-refractivity contribution is 0.360. The number of hydrogen-bond donors (Lipinski definition) is 1. The van der Waals surface area contributed by atoms with E-state index in [0.29, 0.717) is 25.5 Å². The molecule has 0 spiro atoms. The number of pyridine rings is 1. The van der Waals surface area contributed by atoms with E-state index in [0.717, 1.165) is 5.69 Å². The lowest BCUT2D eigenvalue weighted by atomic mass is 10.1. The minimum absolute atomic E-state index is 0.151. The summed E-state index contributed by atoms with van der Waals surface area (Å²) in [5, 5.41) is 0. The molecule has 2 aromatic rings. The van der Waals surface area contributed by atoms with Gasteiger partial charge in [0.25, 0.3) is 0 Å². The van der Waals surface area contributed by atoms with Crippen LogP contribution in [0.25, 0.3) is 0 Å². The van der Waals surface area contributed by atoms with Crippen LogP contribution in [0, 0.1) is 11.8 Å². The van der Waals surface area contributed by atoms with Crippen LogP contribution < -0.4 is 10.6 Å². The van der Waals surface area contributed by atoms with E-state index in [1.165, 1.54) is 22.6 Å². The van der Waals surface area contributed by atoms with Crippen molar-refractivity contribution in [1.29, 1.82) is 0 Å². The van der Waals surface area contributed by atoms with Crippen molar-refractivity contribution >= 4 is 21.5 Å². The topological polar surface area (TPSA) is 79.5 Å². The number of rotatable bonds is 3. The third kappa shape index (κ3) is 3.60. The van der Waals surface area contributed by atoms with Crippen LogP contribution in [-0.4, -0.2) is 43.4 Å². The third-order valence-electron chi connectivity index (χ3n) is 4.14. The van der Waals surface area contributed by atoms with Gasteiger partial charge in [0.15, 0.2) is 0 Å². The first kappa shape index (κ1) is 17.3. The third-order valence-corrected chi connectivity index (χ3v) is 5.99. The van der Waals surface area contributed by atoms with Gasteiger partial charge in [-0.05, 0) is 31.2 Å². The van der Waals surface area contributed by atoms with Gasteiger partial charge in [0.1, 0.15) is 16.8 Å². The Morgan fingerprint density at radius 2 is 1.92 bits per heavy atom. The highest BCUT2D eigenvalue weighted by atomic mass is 32.2. The van der Waals surface area contributed by atoms with Gasteiger partial charge in [0.2, 0.25) is 10.0 Å². The molecule has 25 heavy (non-hydrogen) atoms. The lowest BCUT2D eigenvalue weighted by Gasteiger charge is -2.39. The fourth-order valence-corrected chi connectivity index (χ4v) is 4.27. The van der Waals surface area contributed by atoms with Crippen molar-refractivity contribution in [3.8, 4) is 11.8 Å². The highest BCUT2D eigenvalue weighted by Gasteiger charge is 2.33. The molecule has 130 valence electrons. The Balaban J connectivity index is 1.86. The number of benzene rings is 1. The molecule has 1 aromatic carbocycles. The summed E-state index contributed by atoms with van der Waals surface area (Å²) in [7, 11) is -3.61. The average molecular weight is 356 g/mol. The van der Waals surface area contributed by atoms with E-state index in [9.17, 15) is 8.42 Å². The summed E-state index contributed by atoms with van der Waals surface area (Å²) in [5.74, 6) is 6.34. The molecular formula is C18H20N4O2S. The van der Waals surface area contributed by atoms with E-state index in [-0.39, 0.29) is 10.9 Å². The maximum Gasteiger partial charge on any atom is 0.244 e. The maximum atomic E-state index is 12.9. The molecule has 1 aliphatic rings. The van der Waals surface area contributed by atoms with Crippen molar-refractivity contribution in [1.82, 2.24) is 9.29 Å². The van der Waals surface area contributed by atoms with E-state index < -0.39 is 10.0 Å². The van der Waals surface area contributed by atoms with Crippen LogP contribution in [0.4, 0.5) is 11.5 Å². The summed E-state index contributed by atoms with van der Waals surface area (Å²) in [6.45, 7) is 3.04. The zero-order chi connectivity index (χ0) is 17.9. The van der Waals surface area contributed by atoms with Gasteiger partial charge >= 0.3 is 0 Å². The quantitative estimate of drug-likeness (QED) is 0.845. The molecule has 1 atom stereocenters. The number of sulfonamides is 1. The molecule has 1 saturated heterocycles. The number of nitrogens with zero attached hydrogens (tertiary/aromatic N) is 3. The largest absolute Gasteiger partial charge is 0.384 e. The number of nitrogens with two attached hydrogens (primary N) is 1. The molecule has 7 heteroatoms. The van der Waals surface area contributed by atoms with Crippen LogP contribution in [0.1, 0.15) is 6.92 Å². The molecule has 0 amide bonds. The van der Waals surface area contributed by atoms with Crippen LogP contribution in [0.5, 0.6) is 0 Å². The highest BCUT2D eigenvalue weighted by molar-refractivity contribution is 7.89. The number of anilines is 2. The van der Waals surface area contributed by atoms with Crippen molar-refractivity contribution in [3.63, 3.8) is 0 Å². The predicted octanol–water partition coefficient (Wildman–Crippen LogP) is 1.57. The van der Waals surface area contributed by atoms with Crippen molar-refractivity contribution in [3.05, 3.63) is 48.7 Å². The Labute approximate surface area is 148 Å². The Morgan fingerprint density at radius 3 is 2.56 bits per heavy atom. The highest BCUT2D eigenvalue weighted by Crippen LogP contribution is 2.24. The Kier molecular flexibility index (Phi) is 4.93. The summed E-state index contributed by atoms with van der Waals surface area (Å²) < 4.78 is 27.2. The predicted molar refractivity (Wildman–Crippen MR) is 98.4 cm³/mol. The Morgan fingerprint density at radius 1 is 1.16 bits per heavy atom. The van der Waals surface area contributed by atoms with Crippen LogP contribution >= 0.6 is 0 Å². The zero-order valence-corrected chi connectivity index (χ0v) is 14.8. The molecule has 0 aliphatic carbocycles. The number of aromatic nitrogens is 1. The number of nitrogen functional groups attached to an aromatic ring is 1. The number of para-hydroxylation sites is 1. The van der Waals surface area contributed by atoms with Crippen LogP contribution in [0.15, 0.2) is 53.6 Å². The van der Waals surface area contributed by atoms with Gasteiger partial charge in [-0.25, -0.2) is 13.4 Å². The normalized spacial score (nSPS) is 18.4. The summed E-state index contributed by atoms with van der Waals surface area (Å²) in [6, 6.07) is 12.7. The SMILES string of the molecule is CC#C[C@H]1CN(S(=O)(=O)c2ccc(N)nc2)CCN1c1ccccc1. The van der Waals surface area contributed by atoms with Crippen LogP contribution in [-0.2, 0) is 10.0 Å². The summed E-state index contributed by atoms with van der Waals surface area (Å²) in [5.41, 5.74) is 6.59. The standard InChI is InChI=1S/C18H20N4O2S/c1-2-6-16-14-21(11-12-22(16)15-7-4-3-5-8-15)25(23,24)17-9-10-18(19)20-13-17/h3-5,7-10,13,16H,11-12,14H2,1H3,(H2,19,20)/t16-/m0/s1. The van der Waals surface area contributed by atoms with E-state index in [2.05, 4.69) is 21.7 Å². The molecule has 0 radical (unpaired) electrons. The first-order valence-corrected chi connectivity index (χ1v) is 9.42. The van der Waals surface area contributed by atoms with Gasteiger partial charge in [-0.15, -0.1) is 5.92 Å². The monoisotopic (exact) mass is 356 g/mol. The Bertz CT molecular complexity index is 886. The van der Waals surface area contributed by atoms with Crippen molar-refractivity contribution < 1.29 is 8.42 Å². The minimum Gasteiger partial charge on any atom is -0.384 e. The summed E-state index contributed by atoms with van der Waals surface area (Å²) in [6.07, 6.45) is 1.30. The van der Waals surface area contributed by atoms with Crippen molar-refractivity contribution in [2.24, 2.45) is 0 Å². The average Bonchev–Trinajstić information content (AvgIpc) is 2.63. The molecule has 0 bridgehead atoms. The van der Waals surface area contributed by atoms with Gasteiger partial charge in [0.05, 0.1) is 0 Å². The molecule has 2 N–H and O–H groups in total. The molecule has 1 aliphatic heterocycles. The van der Waals surface area contributed by atoms with Gasteiger partial charge in [-0.2, -0.15) is 4.31 Å². The summed E-state index contributed by atoms with van der Waals surface area (Å²) >= 11 is 0. The molecule has 2 heterocycles. The second-order valence-corrected chi connectivity index (χ2v) is 7.66. The number of piperazine rings is 1. The fraction of sp³-hybridized carbons (Fsp3) is 0.278. The van der Waals surface area contributed by atoms with Gasteiger partial charge in [0, 0.05) is 31.5 Å².